The molecule has 1 aliphatic carbocycles. The Kier molecular flexibility index (Phi) is 6.32. The van der Waals surface area contributed by atoms with Crippen LogP contribution in [0.4, 0.5) is 4.79 Å². The largest absolute Gasteiger partial charge is 0.481 e. The van der Waals surface area contributed by atoms with Gasteiger partial charge in [0.2, 0.25) is 0 Å². The summed E-state index contributed by atoms with van der Waals surface area (Å²) in [6, 6.07) is 24.3. The summed E-state index contributed by atoms with van der Waals surface area (Å²) in [5.41, 5.74) is 6.85. The second-order valence-corrected chi connectivity index (χ2v) is 7.74. The van der Waals surface area contributed by atoms with Crippen molar-refractivity contribution in [3.8, 4) is 11.1 Å². The molecular weight excluding hydrogens is 390 g/mol. The Morgan fingerprint density at radius 2 is 1.42 bits per heavy atom. The van der Waals surface area contributed by atoms with E-state index in [1.54, 1.807) is 0 Å². The fourth-order valence-corrected chi connectivity index (χ4v) is 4.09. The maximum Gasteiger partial charge on any atom is 0.407 e. The highest BCUT2D eigenvalue weighted by atomic mass is 16.5. The van der Waals surface area contributed by atoms with Crippen molar-refractivity contribution >= 4 is 12.1 Å². The number of carbonyl (C=O) groups excluding carboxylic acids is 1. The lowest BCUT2D eigenvalue weighted by molar-refractivity contribution is -0.137. The molecule has 0 bridgehead atoms. The number of hydrogen-bond donors (Lipinski definition) is 2. The molecule has 0 spiro atoms. The Bertz CT molecular complexity index is 1030. The number of amides is 1. The van der Waals surface area contributed by atoms with Gasteiger partial charge in [-0.05, 0) is 46.2 Å². The van der Waals surface area contributed by atoms with Crippen molar-refractivity contribution in [1.29, 1.82) is 0 Å². The zero-order valence-electron chi connectivity index (χ0n) is 17.2. The minimum atomic E-state index is -0.774. The second-order valence-electron chi connectivity index (χ2n) is 7.74. The van der Waals surface area contributed by atoms with Crippen LogP contribution in [0.25, 0.3) is 11.1 Å². The summed E-state index contributed by atoms with van der Waals surface area (Å²) >= 11 is 0. The van der Waals surface area contributed by atoms with Crippen LogP contribution in [0.2, 0.25) is 0 Å². The molecule has 0 aromatic heterocycles. The minimum Gasteiger partial charge on any atom is -0.481 e. The van der Waals surface area contributed by atoms with E-state index < -0.39 is 12.1 Å². The molecule has 5 heteroatoms. The van der Waals surface area contributed by atoms with Crippen molar-refractivity contribution in [2.24, 2.45) is 0 Å². The molecule has 0 saturated carbocycles. The van der Waals surface area contributed by atoms with Crippen LogP contribution in [-0.4, -0.2) is 23.8 Å². The van der Waals surface area contributed by atoms with E-state index in [2.05, 4.69) is 29.6 Å². The molecule has 4 rings (SSSR count). The first-order valence-electron chi connectivity index (χ1n) is 10.5. The molecule has 158 valence electrons. The summed E-state index contributed by atoms with van der Waals surface area (Å²) in [5, 5.41) is 11.5. The van der Waals surface area contributed by atoms with Crippen LogP contribution in [0.15, 0.2) is 72.8 Å². The summed E-state index contributed by atoms with van der Waals surface area (Å²) in [6.07, 6.45) is 1.08. The van der Waals surface area contributed by atoms with E-state index in [4.69, 9.17) is 9.84 Å². The van der Waals surface area contributed by atoms with Crippen molar-refractivity contribution in [2.75, 3.05) is 6.61 Å². The number of rotatable bonds is 8. The van der Waals surface area contributed by atoms with E-state index in [1.807, 2.05) is 48.5 Å². The number of carboxylic acid groups (broad SMARTS) is 1. The molecule has 3 aromatic carbocycles. The summed E-state index contributed by atoms with van der Waals surface area (Å²) in [4.78, 5) is 22.9. The molecule has 0 unspecified atom stereocenters. The number of aliphatic carboxylic acids is 1. The SMILES string of the molecule is O=C(O)CCCc1ccc(CNC(=O)OCC2c3ccccc3-c3ccccc32)cc1. The smallest absolute Gasteiger partial charge is 0.407 e. The number of fused-ring (bicyclic) bond motifs is 3. The van der Waals surface area contributed by atoms with Gasteiger partial charge >= 0.3 is 12.1 Å². The van der Waals surface area contributed by atoms with Crippen molar-refractivity contribution in [2.45, 2.75) is 31.7 Å². The van der Waals surface area contributed by atoms with Crippen LogP contribution >= 0.6 is 0 Å². The molecule has 0 aliphatic heterocycles. The molecular formula is C26H25NO4. The third kappa shape index (κ3) is 4.94. The third-order valence-electron chi connectivity index (χ3n) is 5.66. The Labute approximate surface area is 181 Å². The van der Waals surface area contributed by atoms with Crippen LogP contribution in [0.1, 0.15) is 41.0 Å². The fraction of sp³-hybridized carbons (Fsp3) is 0.231. The lowest BCUT2D eigenvalue weighted by atomic mass is 9.98. The highest BCUT2D eigenvalue weighted by Gasteiger charge is 2.28. The van der Waals surface area contributed by atoms with Gasteiger partial charge in [-0.1, -0.05) is 72.8 Å². The van der Waals surface area contributed by atoms with Gasteiger partial charge in [0.15, 0.2) is 0 Å². The summed E-state index contributed by atoms with van der Waals surface area (Å²) in [6.45, 7) is 0.675. The Balaban J connectivity index is 1.29. The predicted octanol–water partition coefficient (Wildman–Crippen LogP) is 5.13. The van der Waals surface area contributed by atoms with Crippen LogP contribution < -0.4 is 5.32 Å². The molecule has 0 heterocycles. The van der Waals surface area contributed by atoms with Crippen LogP contribution in [0, 0.1) is 0 Å². The van der Waals surface area contributed by atoms with Gasteiger partial charge in [0, 0.05) is 18.9 Å². The first kappa shape index (κ1) is 20.7. The highest BCUT2D eigenvalue weighted by Crippen LogP contribution is 2.44. The topological polar surface area (TPSA) is 75.6 Å². The Morgan fingerprint density at radius 3 is 2.03 bits per heavy atom. The number of carbonyl (C=O) groups is 2. The number of hydrogen-bond acceptors (Lipinski definition) is 3. The number of aryl methyl sites for hydroxylation is 1. The molecule has 0 fully saturated rings. The molecule has 2 N–H and O–H groups in total. The zero-order chi connectivity index (χ0) is 21.6. The molecule has 3 aromatic rings. The number of nitrogens with one attached hydrogen (secondary N) is 1. The maximum atomic E-state index is 12.3. The van der Waals surface area contributed by atoms with Gasteiger partial charge in [-0.2, -0.15) is 0 Å². The van der Waals surface area contributed by atoms with Gasteiger partial charge in [0.05, 0.1) is 0 Å². The third-order valence-corrected chi connectivity index (χ3v) is 5.66. The molecule has 1 aliphatic rings. The van der Waals surface area contributed by atoms with Crippen LogP contribution in [0.3, 0.4) is 0 Å². The highest BCUT2D eigenvalue weighted by molar-refractivity contribution is 5.79. The summed E-state index contributed by atoms with van der Waals surface area (Å²) < 4.78 is 5.56. The summed E-state index contributed by atoms with van der Waals surface area (Å²) in [5.74, 6) is -0.729. The molecule has 5 nitrogen and oxygen atoms in total. The van der Waals surface area contributed by atoms with E-state index >= 15 is 0 Å². The van der Waals surface area contributed by atoms with Crippen molar-refractivity contribution < 1.29 is 19.4 Å². The lowest BCUT2D eigenvalue weighted by Gasteiger charge is -2.14. The lowest BCUT2D eigenvalue weighted by Crippen LogP contribution is -2.25. The Morgan fingerprint density at radius 1 is 0.839 bits per heavy atom. The van der Waals surface area contributed by atoms with E-state index in [9.17, 15) is 9.59 Å². The molecule has 0 radical (unpaired) electrons. The molecule has 0 saturated heterocycles. The quantitative estimate of drug-likeness (QED) is 0.535. The standard InChI is InChI=1S/C26H25NO4/c28-25(29)11-5-6-18-12-14-19(15-13-18)16-27-26(30)31-17-24-22-9-3-1-7-20(22)21-8-2-4-10-23(21)24/h1-4,7-10,12-15,24H,5-6,11,16-17H2,(H,27,30)(H,28,29). The monoisotopic (exact) mass is 415 g/mol. The first-order valence-corrected chi connectivity index (χ1v) is 10.5. The number of ether oxygens (including phenoxy) is 1. The van der Waals surface area contributed by atoms with E-state index in [0.29, 0.717) is 19.6 Å². The van der Waals surface area contributed by atoms with Crippen molar-refractivity contribution in [3.05, 3.63) is 95.1 Å². The minimum absolute atomic E-state index is 0.0447. The number of benzene rings is 3. The van der Waals surface area contributed by atoms with Gasteiger partial charge in [0.1, 0.15) is 6.61 Å². The maximum absolute atomic E-state index is 12.3. The van der Waals surface area contributed by atoms with Gasteiger partial charge < -0.3 is 15.2 Å². The van der Waals surface area contributed by atoms with Gasteiger partial charge in [-0.15, -0.1) is 0 Å². The molecule has 1 amide bonds. The first-order chi connectivity index (χ1) is 15.1. The number of alkyl carbamates (subject to hydrolysis) is 1. The normalized spacial score (nSPS) is 12.1. The molecule has 0 atom stereocenters. The Hall–Kier alpha value is -3.60. The average Bonchev–Trinajstić information content (AvgIpc) is 3.11. The van der Waals surface area contributed by atoms with E-state index in [1.165, 1.54) is 22.3 Å². The summed E-state index contributed by atoms with van der Waals surface area (Å²) in [7, 11) is 0. The fourth-order valence-electron chi connectivity index (χ4n) is 4.09. The number of carboxylic acids is 1. The van der Waals surface area contributed by atoms with Crippen LogP contribution in [-0.2, 0) is 22.5 Å². The zero-order valence-corrected chi connectivity index (χ0v) is 17.2. The van der Waals surface area contributed by atoms with Crippen LogP contribution in [0.5, 0.6) is 0 Å². The second kappa shape index (κ2) is 9.47. The van der Waals surface area contributed by atoms with E-state index in [-0.39, 0.29) is 12.3 Å². The average molecular weight is 415 g/mol. The van der Waals surface area contributed by atoms with Gasteiger partial charge in [0.25, 0.3) is 0 Å². The van der Waals surface area contributed by atoms with Crippen molar-refractivity contribution in [3.63, 3.8) is 0 Å². The van der Waals surface area contributed by atoms with E-state index in [0.717, 1.165) is 17.5 Å². The molecule has 31 heavy (non-hydrogen) atoms. The van der Waals surface area contributed by atoms with Gasteiger partial charge in [-0.3, -0.25) is 4.79 Å². The predicted molar refractivity (Wildman–Crippen MR) is 119 cm³/mol. The van der Waals surface area contributed by atoms with Crippen molar-refractivity contribution in [1.82, 2.24) is 5.32 Å². The van der Waals surface area contributed by atoms with Gasteiger partial charge in [-0.25, -0.2) is 4.79 Å².